The Morgan fingerprint density at radius 1 is 1.47 bits per heavy atom. The van der Waals surface area contributed by atoms with E-state index in [1.807, 2.05) is 0 Å². The predicted molar refractivity (Wildman–Crippen MR) is 64.8 cm³/mol. The Hall–Kier alpha value is -1.40. The molecule has 0 atom stereocenters. The largest absolute Gasteiger partial charge is 0.296 e. The van der Waals surface area contributed by atoms with Gasteiger partial charge in [-0.25, -0.2) is 4.39 Å². The van der Waals surface area contributed by atoms with E-state index < -0.39 is 0 Å². The first-order valence-corrected chi connectivity index (χ1v) is 6.17. The molecule has 0 radical (unpaired) electrons. The van der Waals surface area contributed by atoms with Gasteiger partial charge in [-0.15, -0.1) is 0 Å². The lowest BCUT2D eigenvalue weighted by Crippen LogP contribution is -2.26. The highest BCUT2D eigenvalue weighted by atomic mass is 19.1. The lowest BCUT2D eigenvalue weighted by atomic mass is 10.1. The van der Waals surface area contributed by atoms with Gasteiger partial charge in [-0.05, 0) is 49.6 Å². The molecule has 1 saturated carbocycles. The minimum absolute atomic E-state index is 0.258. The van der Waals surface area contributed by atoms with Gasteiger partial charge in [0.05, 0.1) is 11.6 Å². The summed E-state index contributed by atoms with van der Waals surface area (Å²) in [6.07, 6.45) is 3.56. The van der Waals surface area contributed by atoms with Crippen molar-refractivity contribution < 1.29 is 4.39 Å². The maximum absolute atomic E-state index is 13.2. The fraction of sp³-hybridized carbons (Fsp3) is 0.500. The zero-order valence-electron chi connectivity index (χ0n) is 10.1. The molecular weight excluding hydrogens is 215 g/mol. The van der Waals surface area contributed by atoms with Crippen LogP contribution in [0.25, 0.3) is 0 Å². The molecule has 0 bridgehead atoms. The Bertz CT molecular complexity index is 432. The topological polar surface area (TPSA) is 27.0 Å². The molecule has 0 heterocycles. The van der Waals surface area contributed by atoms with Crippen LogP contribution in [-0.4, -0.2) is 17.5 Å². The summed E-state index contributed by atoms with van der Waals surface area (Å²) in [4.78, 5) is 2.36. The molecule has 90 valence electrons. The molecule has 1 fully saturated rings. The van der Waals surface area contributed by atoms with Gasteiger partial charge < -0.3 is 0 Å². The second-order valence-corrected chi connectivity index (χ2v) is 4.61. The van der Waals surface area contributed by atoms with E-state index in [4.69, 9.17) is 5.26 Å². The maximum atomic E-state index is 13.2. The second-order valence-electron chi connectivity index (χ2n) is 4.61. The highest BCUT2D eigenvalue weighted by molar-refractivity contribution is 5.37. The molecular formula is C14H17FN2. The summed E-state index contributed by atoms with van der Waals surface area (Å²) in [6.45, 7) is 3.86. The van der Waals surface area contributed by atoms with Crippen LogP contribution >= 0.6 is 0 Å². The fourth-order valence-corrected chi connectivity index (χ4v) is 2.14. The molecule has 1 aromatic carbocycles. The van der Waals surface area contributed by atoms with E-state index in [9.17, 15) is 4.39 Å². The van der Waals surface area contributed by atoms with Crippen molar-refractivity contribution in [3.63, 3.8) is 0 Å². The predicted octanol–water partition coefficient (Wildman–Crippen LogP) is 3.07. The molecule has 1 aliphatic rings. The molecule has 17 heavy (non-hydrogen) atoms. The molecule has 2 nitrogen and oxygen atoms in total. The van der Waals surface area contributed by atoms with Crippen LogP contribution in [0.5, 0.6) is 0 Å². The summed E-state index contributed by atoms with van der Waals surface area (Å²) in [5, 5.41) is 9.02. The summed E-state index contributed by atoms with van der Waals surface area (Å²) in [5.41, 5.74) is 1.40. The van der Waals surface area contributed by atoms with Gasteiger partial charge in [0.15, 0.2) is 0 Å². The first-order chi connectivity index (χ1) is 8.24. The van der Waals surface area contributed by atoms with E-state index in [1.165, 1.54) is 25.0 Å². The zero-order valence-corrected chi connectivity index (χ0v) is 10.1. The van der Waals surface area contributed by atoms with Crippen LogP contribution in [0.15, 0.2) is 18.2 Å². The van der Waals surface area contributed by atoms with E-state index in [0.29, 0.717) is 18.2 Å². The van der Waals surface area contributed by atoms with Crippen molar-refractivity contribution in [2.24, 2.45) is 0 Å². The Morgan fingerprint density at radius 2 is 2.24 bits per heavy atom. The van der Waals surface area contributed by atoms with Crippen molar-refractivity contribution in [3.8, 4) is 6.07 Å². The third-order valence-corrected chi connectivity index (χ3v) is 3.14. The molecule has 1 aliphatic carbocycles. The van der Waals surface area contributed by atoms with Gasteiger partial charge in [0.1, 0.15) is 5.82 Å². The van der Waals surface area contributed by atoms with Gasteiger partial charge in [-0.2, -0.15) is 5.26 Å². The van der Waals surface area contributed by atoms with Crippen LogP contribution in [0.3, 0.4) is 0 Å². The average Bonchev–Trinajstić information content (AvgIpc) is 3.13. The van der Waals surface area contributed by atoms with E-state index in [1.54, 1.807) is 6.07 Å². The summed E-state index contributed by atoms with van der Waals surface area (Å²) in [6, 6.07) is 7.19. The number of hydrogen-bond donors (Lipinski definition) is 0. The van der Waals surface area contributed by atoms with Gasteiger partial charge in [-0.3, -0.25) is 4.90 Å². The average molecular weight is 232 g/mol. The quantitative estimate of drug-likeness (QED) is 0.780. The number of hydrogen-bond acceptors (Lipinski definition) is 2. The molecule has 0 saturated heterocycles. The Labute approximate surface area is 102 Å². The van der Waals surface area contributed by atoms with E-state index in [2.05, 4.69) is 17.9 Å². The third-order valence-electron chi connectivity index (χ3n) is 3.14. The van der Waals surface area contributed by atoms with Crippen LogP contribution in [-0.2, 0) is 6.54 Å². The van der Waals surface area contributed by atoms with Crippen molar-refractivity contribution in [2.75, 3.05) is 6.54 Å². The van der Waals surface area contributed by atoms with Crippen molar-refractivity contribution >= 4 is 0 Å². The molecule has 0 spiro atoms. The summed E-state index contributed by atoms with van der Waals surface area (Å²) in [5.74, 6) is -0.258. The minimum atomic E-state index is -0.258. The maximum Gasteiger partial charge on any atom is 0.123 e. The van der Waals surface area contributed by atoms with E-state index in [-0.39, 0.29) is 5.82 Å². The molecule has 3 heteroatoms. The van der Waals surface area contributed by atoms with Crippen molar-refractivity contribution in [1.29, 1.82) is 5.26 Å². The van der Waals surface area contributed by atoms with Gasteiger partial charge in [-0.1, -0.05) is 6.92 Å². The molecule has 0 amide bonds. The number of nitriles is 1. The van der Waals surface area contributed by atoms with Gasteiger partial charge >= 0.3 is 0 Å². The van der Waals surface area contributed by atoms with Crippen LogP contribution in [0.1, 0.15) is 37.3 Å². The molecule has 2 rings (SSSR count). The zero-order chi connectivity index (χ0) is 12.3. The fourth-order valence-electron chi connectivity index (χ4n) is 2.14. The standard InChI is InChI=1S/C14H17FN2/c1-2-7-17(14-5-6-14)10-12-8-13(15)4-3-11(12)9-16/h3-4,8,14H,2,5-7,10H2,1H3. The van der Waals surface area contributed by atoms with Crippen molar-refractivity contribution in [1.82, 2.24) is 4.90 Å². The first kappa shape index (κ1) is 12.1. The van der Waals surface area contributed by atoms with Gasteiger partial charge in [0.2, 0.25) is 0 Å². The summed E-state index contributed by atoms with van der Waals surface area (Å²) < 4.78 is 13.2. The Balaban J connectivity index is 2.15. The highest BCUT2D eigenvalue weighted by Crippen LogP contribution is 2.29. The number of nitrogens with zero attached hydrogens (tertiary/aromatic N) is 2. The normalized spacial score (nSPS) is 14.9. The number of benzene rings is 1. The Morgan fingerprint density at radius 3 is 2.82 bits per heavy atom. The van der Waals surface area contributed by atoms with Crippen LogP contribution in [0, 0.1) is 17.1 Å². The summed E-state index contributed by atoms with van der Waals surface area (Å²) in [7, 11) is 0. The molecule has 0 aliphatic heterocycles. The lowest BCUT2D eigenvalue weighted by molar-refractivity contribution is 0.255. The smallest absolute Gasteiger partial charge is 0.123 e. The van der Waals surface area contributed by atoms with Gasteiger partial charge in [0, 0.05) is 12.6 Å². The van der Waals surface area contributed by atoms with E-state index in [0.717, 1.165) is 18.5 Å². The van der Waals surface area contributed by atoms with E-state index >= 15 is 0 Å². The van der Waals surface area contributed by atoms with Crippen LogP contribution in [0.4, 0.5) is 4.39 Å². The number of rotatable bonds is 5. The molecule has 0 aromatic heterocycles. The van der Waals surface area contributed by atoms with Crippen molar-refractivity contribution in [3.05, 3.63) is 35.1 Å². The van der Waals surface area contributed by atoms with Crippen LogP contribution < -0.4 is 0 Å². The monoisotopic (exact) mass is 232 g/mol. The van der Waals surface area contributed by atoms with Gasteiger partial charge in [0.25, 0.3) is 0 Å². The Kier molecular flexibility index (Phi) is 3.75. The minimum Gasteiger partial charge on any atom is -0.296 e. The lowest BCUT2D eigenvalue weighted by Gasteiger charge is -2.21. The van der Waals surface area contributed by atoms with Crippen LogP contribution in [0.2, 0.25) is 0 Å². The third kappa shape index (κ3) is 3.04. The summed E-state index contributed by atoms with van der Waals surface area (Å²) >= 11 is 0. The highest BCUT2D eigenvalue weighted by Gasteiger charge is 2.28. The second kappa shape index (κ2) is 5.29. The first-order valence-electron chi connectivity index (χ1n) is 6.17. The number of halogens is 1. The molecule has 0 N–H and O–H groups in total. The SMILES string of the molecule is CCCN(Cc1cc(F)ccc1C#N)C1CC1. The van der Waals surface area contributed by atoms with Crippen molar-refractivity contribution in [2.45, 2.75) is 38.8 Å². The molecule has 1 aromatic rings. The molecule has 0 unspecified atom stereocenters.